The molecule has 0 unspecified atom stereocenters. The minimum absolute atomic E-state index is 0.555. The quantitative estimate of drug-likeness (QED) is 0.409. The van der Waals surface area contributed by atoms with Crippen molar-refractivity contribution in [1.29, 1.82) is 0 Å². The fourth-order valence-electron chi connectivity index (χ4n) is 0.866. The molecule has 0 bridgehead atoms. The average Bonchev–Trinajstić information content (AvgIpc) is 2.01. The standard InChI is InChI=1S/C7H12N4/c8-7-5-6(1-3-10-7)2-4-11-9/h1,3,5,11H,2,4,9H2,(H2,8,10). The van der Waals surface area contributed by atoms with Crippen molar-refractivity contribution < 1.29 is 0 Å². The Morgan fingerprint density at radius 3 is 3.00 bits per heavy atom. The summed E-state index contributed by atoms with van der Waals surface area (Å²) < 4.78 is 0. The Morgan fingerprint density at radius 2 is 2.36 bits per heavy atom. The van der Waals surface area contributed by atoms with Gasteiger partial charge in [-0.1, -0.05) is 0 Å². The van der Waals surface area contributed by atoms with Crippen LogP contribution in [0.5, 0.6) is 0 Å². The molecule has 0 radical (unpaired) electrons. The Bertz CT molecular complexity index is 223. The number of nitrogen functional groups attached to an aromatic ring is 1. The molecular formula is C7H12N4. The number of nitrogens with two attached hydrogens (primary N) is 2. The maximum atomic E-state index is 5.47. The molecule has 11 heavy (non-hydrogen) atoms. The first-order valence-electron chi connectivity index (χ1n) is 3.47. The van der Waals surface area contributed by atoms with E-state index in [2.05, 4.69) is 10.4 Å². The first-order valence-corrected chi connectivity index (χ1v) is 3.47. The normalized spacial score (nSPS) is 9.91. The molecule has 1 heterocycles. The molecule has 0 saturated heterocycles. The third kappa shape index (κ3) is 2.53. The van der Waals surface area contributed by atoms with Crippen molar-refractivity contribution in [1.82, 2.24) is 10.4 Å². The molecule has 0 aliphatic rings. The Kier molecular flexibility index (Phi) is 2.83. The molecule has 1 aromatic heterocycles. The zero-order valence-corrected chi connectivity index (χ0v) is 6.25. The second kappa shape index (κ2) is 3.90. The van der Waals surface area contributed by atoms with Crippen molar-refractivity contribution in [2.24, 2.45) is 5.84 Å². The van der Waals surface area contributed by atoms with Crippen molar-refractivity contribution in [2.75, 3.05) is 12.3 Å². The number of pyridine rings is 1. The minimum Gasteiger partial charge on any atom is -0.384 e. The summed E-state index contributed by atoms with van der Waals surface area (Å²) in [7, 11) is 0. The van der Waals surface area contributed by atoms with E-state index in [0.29, 0.717) is 5.82 Å². The van der Waals surface area contributed by atoms with Gasteiger partial charge >= 0.3 is 0 Å². The van der Waals surface area contributed by atoms with Gasteiger partial charge in [0.05, 0.1) is 0 Å². The Hall–Kier alpha value is -1.13. The fraction of sp³-hybridized carbons (Fsp3) is 0.286. The summed E-state index contributed by atoms with van der Waals surface area (Å²) in [5.74, 6) is 5.67. The molecule has 0 spiro atoms. The Morgan fingerprint density at radius 1 is 1.55 bits per heavy atom. The first kappa shape index (κ1) is 7.97. The van der Waals surface area contributed by atoms with Gasteiger partial charge in [-0.15, -0.1) is 0 Å². The van der Waals surface area contributed by atoms with Crippen LogP contribution in [0.2, 0.25) is 0 Å². The lowest BCUT2D eigenvalue weighted by atomic mass is 10.2. The van der Waals surface area contributed by atoms with E-state index in [0.717, 1.165) is 18.5 Å². The molecule has 0 aliphatic carbocycles. The van der Waals surface area contributed by atoms with Gasteiger partial charge in [0.25, 0.3) is 0 Å². The van der Waals surface area contributed by atoms with Crippen LogP contribution in [0.4, 0.5) is 5.82 Å². The fourth-order valence-corrected chi connectivity index (χ4v) is 0.866. The van der Waals surface area contributed by atoms with Crippen LogP contribution in [0.25, 0.3) is 0 Å². The minimum atomic E-state index is 0.555. The molecule has 0 amide bonds. The third-order valence-electron chi connectivity index (χ3n) is 1.40. The predicted octanol–water partition coefficient (Wildman–Crippen LogP) is -0.330. The lowest BCUT2D eigenvalue weighted by Gasteiger charge is -1.99. The maximum Gasteiger partial charge on any atom is 0.123 e. The molecule has 5 N–H and O–H groups in total. The molecule has 1 rings (SSSR count). The molecule has 0 saturated carbocycles. The second-order valence-electron chi connectivity index (χ2n) is 2.29. The van der Waals surface area contributed by atoms with E-state index in [1.165, 1.54) is 0 Å². The summed E-state index contributed by atoms with van der Waals surface area (Å²) in [6.45, 7) is 0.753. The molecule has 4 nitrogen and oxygen atoms in total. The largest absolute Gasteiger partial charge is 0.384 e. The number of anilines is 1. The van der Waals surface area contributed by atoms with Crippen LogP contribution in [0.3, 0.4) is 0 Å². The summed E-state index contributed by atoms with van der Waals surface area (Å²) in [4.78, 5) is 3.87. The Labute approximate surface area is 65.6 Å². The van der Waals surface area contributed by atoms with E-state index in [-0.39, 0.29) is 0 Å². The monoisotopic (exact) mass is 152 g/mol. The van der Waals surface area contributed by atoms with Crippen molar-refractivity contribution >= 4 is 5.82 Å². The van der Waals surface area contributed by atoms with Crippen LogP contribution in [-0.2, 0) is 6.42 Å². The zero-order chi connectivity index (χ0) is 8.10. The molecule has 0 aromatic carbocycles. The summed E-state index contributed by atoms with van der Waals surface area (Å²) in [5.41, 5.74) is 9.19. The van der Waals surface area contributed by atoms with E-state index in [4.69, 9.17) is 11.6 Å². The van der Waals surface area contributed by atoms with Crippen LogP contribution in [0.1, 0.15) is 5.56 Å². The van der Waals surface area contributed by atoms with Crippen molar-refractivity contribution in [3.63, 3.8) is 0 Å². The molecule has 0 fully saturated rings. The topological polar surface area (TPSA) is 77.0 Å². The highest BCUT2D eigenvalue weighted by molar-refractivity contribution is 5.31. The molecule has 1 aromatic rings. The molecular weight excluding hydrogens is 140 g/mol. The number of hydrazine groups is 1. The predicted molar refractivity (Wildman–Crippen MR) is 44.5 cm³/mol. The van der Waals surface area contributed by atoms with E-state index in [1.807, 2.05) is 12.1 Å². The van der Waals surface area contributed by atoms with Gasteiger partial charge in [-0.05, 0) is 24.1 Å². The second-order valence-corrected chi connectivity index (χ2v) is 2.29. The SMILES string of the molecule is NNCCc1ccnc(N)c1. The number of hydrogen-bond acceptors (Lipinski definition) is 4. The van der Waals surface area contributed by atoms with E-state index < -0.39 is 0 Å². The maximum absolute atomic E-state index is 5.47. The summed E-state index contributed by atoms with van der Waals surface area (Å²) in [6, 6.07) is 3.77. The molecule has 0 atom stereocenters. The lowest BCUT2D eigenvalue weighted by molar-refractivity contribution is 0.728. The van der Waals surface area contributed by atoms with Gasteiger partial charge in [-0.3, -0.25) is 11.3 Å². The van der Waals surface area contributed by atoms with Gasteiger partial charge in [0.1, 0.15) is 5.82 Å². The highest BCUT2D eigenvalue weighted by Gasteiger charge is 1.92. The molecule has 0 aliphatic heterocycles. The zero-order valence-electron chi connectivity index (χ0n) is 6.25. The Balaban J connectivity index is 2.56. The van der Waals surface area contributed by atoms with Gasteiger partial charge in [0, 0.05) is 12.7 Å². The average molecular weight is 152 g/mol. The van der Waals surface area contributed by atoms with Crippen molar-refractivity contribution in [3.05, 3.63) is 23.9 Å². The van der Waals surface area contributed by atoms with Gasteiger partial charge in [-0.25, -0.2) is 4.98 Å². The van der Waals surface area contributed by atoms with E-state index >= 15 is 0 Å². The van der Waals surface area contributed by atoms with Crippen LogP contribution >= 0.6 is 0 Å². The number of rotatable bonds is 3. The van der Waals surface area contributed by atoms with Gasteiger partial charge in [-0.2, -0.15) is 0 Å². The van der Waals surface area contributed by atoms with Crippen molar-refractivity contribution in [2.45, 2.75) is 6.42 Å². The van der Waals surface area contributed by atoms with Crippen LogP contribution < -0.4 is 17.0 Å². The first-order chi connectivity index (χ1) is 5.33. The molecule has 4 heteroatoms. The van der Waals surface area contributed by atoms with Gasteiger partial charge in [0.15, 0.2) is 0 Å². The smallest absolute Gasteiger partial charge is 0.123 e. The van der Waals surface area contributed by atoms with Gasteiger partial charge in [0.2, 0.25) is 0 Å². The highest BCUT2D eigenvalue weighted by atomic mass is 15.2. The van der Waals surface area contributed by atoms with Crippen molar-refractivity contribution in [3.8, 4) is 0 Å². The number of hydrogen-bond donors (Lipinski definition) is 3. The highest BCUT2D eigenvalue weighted by Crippen LogP contribution is 2.02. The van der Waals surface area contributed by atoms with Crippen LogP contribution in [0.15, 0.2) is 18.3 Å². The number of aromatic nitrogens is 1. The van der Waals surface area contributed by atoms with Crippen LogP contribution in [-0.4, -0.2) is 11.5 Å². The summed E-state index contributed by atoms with van der Waals surface area (Å²) in [6.07, 6.45) is 2.57. The number of nitrogens with zero attached hydrogens (tertiary/aromatic N) is 1. The van der Waals surface area contributed by atoms with Gasteiger partial charge < -0.3 is 5.73 Å². The number of nitrogens with one attached hydrogen (secondary N) is 1. The van der Waals surface area contributed by atoms with E-state index in [9.17, 15) is 0 Å². The van der Waals surface area contributed by atoms with E-state index in [1.54, 1.807) is 6.20 Å². The third-order valence-corrected chi connectivity index (χ3v) is 1.40. The van der Waals surface area contributed by atoms with Crippen LogP contribution in [0, 0.1) is 0 Å². The summed E-state index contributed by atoms with van der Waals surface area (Å²) >= 11 is 0. The lowest BCUT2D eigenvalue weighted by Crippen LogP contribution is -2.24. The molecule has 60 valence electrons. The summed E-state index contributed by atoms with van der Waals surface area (Å²) in [5, 5.41) is 0.